The van der Waals surface area contributed by atoms with Crippen LogP contribution in [0.15, 0.2) is 10.9 Å². The number of methoxy groups -OCH3 is 1. The van der Waals surface area contributed by atoms with Gasteiger partial charge in [0.25, 0.3) is 0 Å². The van der Waals surface area contributed by atoms with Crippen molar-refractivity contribution in [2.24, 2.45) is 5.73 Å². The monoisotopic (exact) mass is 171 g/mol. The summed E-state index contributed by atoms with van der Waals surface area (Å²) in [5, 5.41) is 3.67. The number of rotatable bonds is 3. The molecule has 0 aliphatic carbocycles. The molecule has 0 radical (unpaired) electrons. The second-order valence-corrected chi connectivity index (χ2v) is 2.92. The summed E-state index contributed by atoms with van der Waals surface area (Å²) in [5.41, 5.74) is 5.22. The number of hydrogen-bond donors (Lipinski definition) is 1. The molecule has 0 saturated carbocycles. The predicted molar refractivity (Wildman–Crippen MR) is 42.3 cm³/mol. The van der Waals surface area contributed by atoms with Gasteiger partial charge in [-0.25, -0.2) is 0 Å². The van der Waals surface area contributed by atoms with Crippen molar-refractivity contribution in [1.82, 2.24) is 10.1 Å². The van der Waals surface area contributed by atoms with Crippen molar-refractivity contribution in [1.29, 1.82) is 0 Å². The van der Waals surface area contributed by atoms with Gasteiger partial charge in [-0.05, 0) is 13.8 Å². The second kappa shape index (κ2) is 3.20. The first kappa shape index (κ1) is 9.15. The van der Waals surface area contributed by atoms with Crippen LogP contribution >= 0.6 is 0 Å². The molecule has 5 nitrogen and oxygen atoms in total. The van der Waals surface area contributed by atoms with Gasteiger partial charge in [0.1, 0.15) is 5.54 Å². The normalized spacial score (nSPS) is 18.7. The number of nitrogens with zero attached hydrogens (tertiary/aromatic N) is 2. The highest BCUT2D eigenvalue weighted by atomic mass is 16.5. The summed E-state index contributed by atoms with van der Waals surface area (Å²) < 4.78 is 9.69. The third-order valence-electron chi connectivity index (χ3n) is 2.04. The van der Waals surface area contributed by atoms with Crippen molar-refractivity contribution in [2.75, 3.05) is 7.11 Å². The molecule has 0 saturated heterocycles. The van der Waals surface area contributed by atoms with Gasteiger partial charge in [-0.3, -0.25) is 0 Å². The predicted octanol–water partition coefficient (Wildman–Crippen LogP) is 0.278. The lowest BCUT2D eigenvalue weighted by atomic mass is 9.96. The van der Waals surface area contributed by atoms with E-state index in [2.05, 4.69) is 14.7 Å². The molecule has 2 N–H and O–H groups in total. The van der Waals surface area contributed by atoms with Gasteiger partial charge >= 0.3 is 0 Å². The Hall–Kier alpha value is -0.940. The van der Waals surface area contributed by atoms with Crippen LogP contribution in [0.1, 0.15) is 19.7 Å². The Morgan fingerprint density at radius 3 is 2.83 bits per heavy atom. The molecular formula is C7H13N3O2. The molecule has 2 atom stereocenters. The van der Waals surface area contributed by atoms with E-state index >= 15 is 0 Å². The van der Waals surface area contributed by atoms with E-state index in [1.165, 1.54) is 6.39 Å². The van der Waals surface area contributed by atoms with E-state index in [0.717, 1.165) is 0 Å². The molecule has 2 unspecified atom stereocenters. The lowest BCUT2D eigenvalue weighted by Crippen LogP contribution is -2.45. The van der Waals surface area contributed by atoms with Gasteiger partial charge < -0.3 is 15.0 Å². The van der Waals surface area contributed by atoms with Gasteiger partial charge in [0.15, 0.2) is 5.82 Å². The molecule has 0 bridgehead atoms. The number of ether oxygens (including phenoxy) is 1. The maximum Gasteiger partial charge on any atom is 0.213 e. The quantitative estimate of drug-likeness (QED) is 0.707. The van der Waals surface area contributed by atoms with Gasteiger partial charge in [-0.2, -0.15) is 4.98 Å². The van der Waals surface area contributed by atoms with E-state index in [9.17, 15) is 0 Å². The molecule has 1 heterocycles. The summed E-state index contributed by atoms with van der Waals surface area (Å²) in [6.45, 7) is 3.66. The largest absolute Gasteiger partial charge is 0.379 e. The fourth-order valence-electron chi connectivity index (χ4n) is 0.835. The van der Waals surface area contributed by atoms with Gasteiger partial charge in [0.05, 0.1) is 6.10 Å². The van der Waals surface area contributed by atoms with Crippen molar-refractivity contribution < 1.29 is 9.26 Å². The van der Waals surface area contributed by atoms with Gasteiger partial charge in [0, 0.05) is 7.11 Å². The highest BCUT2D eigenvalue weighted by Crippen LogP contribution is 2.19. The molecule has 12 heavy (non-hydrogen) atoms. The van der Waals surface area contributed by atoms with Crippen molar-refractivity contribution in [2.45, 2.75) is 25.5 Å². The van der Waals surface area contributed by atoms with Crippen LogP contribution in [0.4, 0.5) is 0 Å². The lowest BCUT2D eigenvalue weighted by molar-refractivity contribution is 0.0505. The minimum atomic E-state index is -0.707. The SMILES string of the molecule is COC(C)C(C)(N)c1ncon1. The summed E-state index contributed by atoms with van der Waals surface area (Å²) >= 11 is 0. The Morgan fingerprint density at radius 1 is 1.75 bits per heavy atom. The van der Waals surface area contributed by atoms with Gasteiger partial charge in [0.2, 0.25) is 6.39 Å². The van der Waals surface area contributed by atoms with Gasteiger partial charge in [-0.15, -0.1) is 0 Å². The Morgan fingerprint density at radius 2 is 2.42 bits per heavy atom. The summed E-state index contributed by atoms with van der Waals surface area (Å²) in [6.07, 6.45) is 1.10. The van der Waals surface area contributed by atoms with Crippen LogP contribution < -0.4 is 5.73 Å². The van der Waals surface area contributed by atoms with Crippen molar-refractivity contribution in [3.05, 3.63) is 12.2 Å². The molecule has 1 aromatic heterocycles. The maximum absolute atomic E-state index is 5.93. The molecule has 0 spiro atoms. The molecule has 5 heteroatoms. The Labute approximate surface area is 70.9 Å². The summed E-state index contributed by atoms with van der Waals surface area (Å²) in [7, 11) is 1.59. The zero-order valence-corrected chi connectivity index (χ0v) is 7.44. The summed E-state index contributed by atoms with van der Waals surface area (Å²) in [4.78, 5) is 3.87. The zero-order valence-electron chi connectivity index (χ0n) is 7.44. The zero-order chi connectivity index (χ0) is 9.19. The number of nitrogens with two attached hydrogens (primary N) is 1. The third-order valence-corrected chi connectivity index (χ3v) is 2.04. The molecule has 1 aromatic rings. The smallest absolute Gasteiger partial charge is 0.213 e. The summed E-state index contributed by atoms with van der Waals surface area (Å²) in [5.74, 6) is 0.455. The van der Waals surface area contributed by atoms with Crippen LogP contribution in [-0.2, 0) is 10.3 Å². The van der Waals surface area contributed by atoms with E-state index in [4.69, 9.17) is 10.5 Å². The highest BCUT2D eigenvalue weighted by Gasteiger charge is 2.32. The van der Waals surface area contributed by atoms with Crippen molar-refractivity contribution in [3.63, 3.8) is 0 Å². The van der Waals surface area contributed by atoms with Crippen molar-refractivity contribution in [3.8, 4) is 0 Å². The number of hydrogen-bond acceptors (Lipinski definition) is 5. The fourth-order valence-corrected chi connectivity index (χ4v) is 0.835. The Bertz CT molecular complexity index is 233. The first-order valence-corrected chi connectivity index (χ1v) is 3.67. The lowest BCUT2D eigenvalue weighted by Gasteiger charge is -2.26. The molecule has 68 valence electrons. The molecule has 0 aliphatic heterocycles. The van der Waals surface area contributed by atoms with Crippen LogP contribution in [0.25, 0.3) is 0 Å². The Balaban J connectivity index is 2.85. The van der Waals surface area contributed by atoms with Crippen LogP contribution in [0, 0.1) is 0 Å². The van der Waals surface area contributed by atoms with Crippen molar-refractivity contribution >= 4 is 0 Å². The molecule has 0 amide bonds. The average molecular weight is 171 g/mol. The van der Waals surface area contributed by atoms with E-state index in [1.807, 2.05) is 6.92 Å². The topological polar surface area (TPSA) is 74.2 Å². The van der Waals surface area contributed by atoms with Crippen LogP contribution in [0.5, 0.6) is 0 Å². The maximum atomic E-state index is 5.93. The van der Waals surface area contributed by atoms with E-state index < -0.39 is 5.54 Å². The van der Waals surface area contributed by atoms with Crippen LogP contribution in [0.3, 0.4) is 0 Å². The molecule has 0 aromatic carbocycles. The standard InChI is InChI=1S/C7H13N3O2/c1-5(11-3)7(2,8)6-9-4-12-10-6/h4-5H,8H2,1-3H3. The van der Waals surface area contributed by atoms with Crippen LogP contribution in [-0.4, -0.2) is 23.4 Å². The number of aromatic nitrogens is 2. The van der Waals surface area contributed by atoms with E-state index in [-0.39, 0.29) is 6.10 Å². The first-order chi connectivity index (χ1) is 5.59. The van der Waals surface area contributed by atoms with E-state index in [0.29, 0.717) is 5.82 Å². The molecule has 0 aliphatic rings. The second-order valence-electron chi connectivity index (χ2n) is 2.92. The third kappa shape index (κ3) is 1.46. The minimum Gasteiger partial charge on any atom is -0.379 e. The molecule has 1 rings (SSSR count). The van der Waals surface area contributed by atoms with E-state index in [1.54, 1.807) is 14.0 Å². The minimum absolute atomic E-state index is 0.157. The molecule has 0 fully saturated rings. The van der Waals surface area contributed by atoms with Crippen LogP contribution in [0.2, 0.25) is 0 Å². The van der Waals surface area contributed by atoms with Gasteiger partial charge in [-0.1, -0.05) is 5.16 Å². The fraction of sp³-hybridized carbons (Fsp3) is 0.714. The summed E-state index contributed by atoms with van der Waals surface area (Å²) in [6, 6.07) is 0. The first-order valence-electron chi connectivity index (χ1n) is 3.67. The molecular weight excluding hydrogens is 158 g/mol. The highest BCUT2D eigenvalue weighted by molar-refractivity contribution is 5.02. The average Bonchev–Trinajstić information content (AvgIpc) is 2.55. The Kier molecular flexibility index (Phi) is 2.44.